The van der Waals surface area contributed by atoms with Crippen LogP contribution in [-0.2, 0) is 10.0 Å². The topological polar surface area (TPSA) is 101 Å². The van der Waals surface area contributed by atoms with E-state index in [-0.39, 0.29) is 29.2 Å². The van der Waals surface area contributed by atoms with Crippen LogP contribution in [-0.4, -0.2) is 50.1 Å². The van der Waals surface area contributed by atoms with Crippen molar-refractivity contribution in [3.8, 4) is 0 Å². The van der Waals surface area contributed by atoms with Crippen LogP contribution < -0.4 is 4.90 Å². The smallest absolute Gasteiger partial charge is 0.293 e. The SMILES string of the molecule is O=Cc1ccc(N2CCN(S(=O)(=O)c3cccc(Cl)c3)CC2)c([N+](=O)[O-])c1. The van der Waals surface area contributed by atoms with E-state index in [1.54, 1.807) is 17.0 Å². The summed E-state index contributed by atoms with van der Waals surface area (Å²) in [5.74, 6) is 0. The molecule has 8 nitrogen and oxygen atoms in total. The van der Waals surface area contributed by atoms with Crippen molar-refractivity contribution in [3.63, 3.8) is 0 Å². The highest BCUT2D eigenvalue weighted by molar-refractivity contribution is 7.89. The fourth-order valence-electron chi connectivity index (χ4n) is 2.97. The van der Waals surface area contributed by atoms with Crippen LogP contribution in [0.5, 0.6) is 0 Å². The molecule has 0 aliphatic carbocycles. The minimum absolute atomic E-state index is 0.116. The number of sulfonamides is 1. The van der Waals surface area contributed by atoms with Crippen LogP contribution in [0.3, 0.4) is 0 Å². The van der Waals surface area contributed by atoms with Crippen molar-refractivity contribution in [3.05, 3.63) is 63.2 Å². The van der Waals surface area contributed by atoms with E-state index in [2.05, 4.69) is 0 Å². The molecular formula is C17H16ClN3O5S. The van der Waals surface area contributed by atoms with Crippen LogP contribution >= 0.6 is 11.6 Å². The molecule has 0 radical (unpaired) electrons. The molecule has 0 spiro atoms. The van der Waals surface area contributed by atoms with Crippen LogP contribution in [0.25, 0.3) is 0 Å². The number of halogens is 1. The summed E-state index contributed by atoms with van der Waals surface area (Å²) in [4.78, 5) is 23.5. The van der Waals surface area contributed by atoms with Gasteiger partial charge in [0.2, 0.25) is 10.0 Å². The first kappa shape index (κ1) is 19.3. The number of carbonyl (C=O) groups is 1. The van der Waals surface area contributed by atoms with Gasteiger partial charge in [0.15, 0.2) is 0 Å². The van der Waals surface area contributed by atoms with Crippen LogP contribution in [0, 0.1) is 10.1 Å². The van der Waals surface area contributed by atoms with E-state index < -0.39 is 14.9 Å². The summed E-state index contributed by atoms with van der Waals surface area (Å²) in [6.07, 6.45) is 0.548. The van der Waals surface area contributed by atoms with Gasteiger partial charge < -0.3 is 4.90 Å². The second-order valence-electron chi connectivity index (χ2n) is 5.97. The van der Waals surface area contributed by atoms with Gasteiger partial charge in [-0.2, -0.15) is 4.31 Å². The van der Waals surface area contributed by atoms with Gasteiger partial charge in [0, 0.05) is 42.8 Å². The zero-order valence-electron chi connectivity index (χ0n) is 14.1. The molecule has 0 bridgehead atoms. The van der Waals surface area contributed by atoms with Gasteiger partial charge in [-0.1, -0.05) is 17.7 Å². The van der Waals surface area contributed by atoms with E-state index in [0.717, 1.165) is 0 Å². The third-order valence-electron chi connectivity index (χ3n) is 4.35. The fraction of sp³-hybridized carbons (Fsp3) is 0.235. The van der Waals surface area contributed by atoms with Crippen LogP contribution in [0.4, 0.5) is 11.4 Å². The molecule has 1 fully saturated rings. The monoisotopic (exact) mass is 409 g/mol. The Morgan fingerprint density at radius 2 is 1.78 bits per heavy atom. The summed E-state index contributed by atoms with van der Waals surface area (Å²) in [6, 6.07) is 10.3. The molecule has 2 aromatic rings. The number of nitro groups is 1. The number of benzene rings is 2. The number of piperazine rings is 1. The van der Waals surface area contributed by atoms with Crippen molar-refractivity contribution >= 4 is 39.3 Å². The lowest BCUT2D eigenvalue weighted by Crippen LogP contribution is -2.48. The minimum atomic E-state index is -3.69. The van der Waals surface area contributed by atoms with E-state index in [4.69, 9.17) is 11.6 Å². The fourth-order valence-corrected chi connectivity index (χ4v) is 4.70. The lowest BCUT2D eigenvalue weighted by molar-refractivity contribution is -0.384. The average Bonchev–Trinajstić information content (AvgIpc) is 2.67. The third kappa shape index (κ3) is 3.95. The number of aldehydes is 1. The lowest BCUT2D eigenvalue weighted by atomic mass is 10.1. The van der Waals surface area contributed by atoms with Crippen LogP contribution in [0.15, 0.2) is 47.4 Å². The number of hydrogen-bond acceptors (Lipinski definition) is 6. The molecule has 0 unspecified atom stereocenters. The van der Waals surface area contributed by atoms with Gasteiger partial charge in [-0.05, 0) is 30.3 Å². The van der Waals surface area contributed by atoms with Gasteiger partial charge in [-0.15, -0.1) is 0 Å². The molecular weight excluding hydrogens is 394 g/mol. The molecule has 1 aliphatic heterocycles. The van der Waals surface area contributed by atoms with Crippen molar-refractivity contribution in [2.45, 2.75) is 4.90 Å². The van der Waals surface area contributed by atoms with Gasteiger partial charge in [-0.3, -0.25) is 14.9 Å². The number of nitro benzene ring substituents is 1. The Bertz CT molecular complexity index is 988. The van der Waals surface area contributed by atoms with Crippen molar-refractivity contribution in [1.29, 1.82) is 0 Å². The molecule has 142 valence electrons. The number of hydrogen-bond donors (Lipinski definition) is 0. The maximum atomic E-state index is 12.7. The highest BCUT2D eigenvalue weighted by atomic mass is 35.5. The van der Waals surface area contributed by atoms with Crippen molar-refractivity contribution in [2.24, 2.45) is 0 Å². The van der Waals surface area contributed by atoms with Crippen molar-refractivity contribution in [1.82, 2.24) is 4.31 Å². The lowest BCUT2D eigenvalue weighted by Gasteiger charge is -2.35. The normalized spacial score (nSPS) is 15.5. The minimum Gasteiger partial charge on any atom is -0.363 e. The maximum absolute atomic E-state index is 12.7. The summed E-state index contributed by atoms with van der Waals surface area (Å²) in [5, 5.41) is 11.7. The van der Waals surface area contributed by atoms with E-state index in [1.807, 2.05) is 0 Å². The van der Waals surface area contributed by atoms with Crippen molar-refractivity contribution in [2.75, 3.05) is 31.1 Å². The van der Waals surface area contributed by atoms with Gasteiger partial charge in [0.05, 0.1) is 9.82 Å². The Morgan fingerprint density at radius 1 is 1.07 bits per heavy atom. The van der Waals surface area contributed by atoms with Crippen LogP contribution in [0.2, 0.25) is 5.02 Å². The first-order valence-corrected chi connectivity index (χ1v) is 9.89. The van der Waals surface area contributed by atoms with E-state index in [9.17, 15) is 23.3 Å². The second kappa shape index (κ2) is 7.63. The van der Waals surface area contributed by atoms with E-state index in [1.165, 1.54) is 34.6 Å². The quantitative estimate of drug-likeness (QED) is 0.427. The zero-order chi connectivity index (χ0) is 19.6. The van der Waals surface area contributed by atoms with Crippen molar-refractivity contribution < 1.29 is 18.1 Å². The molecule has 1 aliphatic rings. The van der Waals surface area contributed by atoms with Gasteiger partial charge in [0.1, 0.15) is 12.0 Å². The highest BCUT2D eigenvalue weighted by Gasteiger charge is 2.30. The Kier molecular flexibility index (Phi) is 5.45. The molecule has 0 aromatic heterocycles. The molecule has 1 saturated heterocycles. The van der Waals surface area contributed by atoms with Gasteiger partial charge >= 0.3 is 0 Å². The molecule has 3 rings (SSSR count). The molecule has 0 atom stereocenters. The molecule has 2 aromatic carbocycles. The van der Waals surface area contributed by atoms with Gasteiger partial charge in [0.25, 0.3) is 5.69 Å². The highest BCUT2D eigenvalue weighted by Crippen LogP contribution is 2.30. The Morgan fingerprint density at radius 3 is 2.37 bits per heavy atom. The molecule has 27 heavy (non-hydrogen) atoms. The largest absolute Gasteiger partial charge is 0.363 e. The maximum Gasteiger partial charge on any atom is 0.293 e. The predicted molar refractivity (Wildman–Crippen MR) is 101 cm³/mol. The predicted octanol–water partition coefficient (Wildman–Crippen LogP) is 2.57. The molecule has 10 heteroatoms. The van der Waals surface area contributed by atoms with E-state index >= 15 is 0 Å². The van der Waals surface area contributed by atoms with E-state index in [0.29, 0.717) is 30.1 Å². The summed E-state index contributed by atoms with van der Waals surface area (Å²) >= 11 is 5.88. The number of nitrogens with zero attached hydrogens (tertiary/aromatic N) is 3. The molecule has 1 heterocycles. The summed E-state index contributed by atoms with van der Waals surface area (Å²) in [7, 11) is -3.69. The molecule has 0 amide bonds. The summed E-state index contributed by atoms with van der Waals surface area (Å²) in [6.45, 7) is 0.949. The first-order chi connectivity index (χ1) is 12.8. The Labute approximate surface area is 161 Å². The van der Waals surface area contributed by atoms with Crippen LogP contribution in [0.1, 0.15) is 10.4 Å². The Hall–Kier alpha value is -2.49. The average molecular weight is 410 g/mol. The Balaban J connectivity index is 1.80. The number of carbonyl (C=O) groups excluding carboxylic acids is 1. The standard InChI is InChI=1S/C17H16ClN3O5S/c18-14-2-1-3-15(11-14)27(25,26)20-8-6-19(7-9-20)16-5-4-13(12-22)10-17(16)21(23)24/h1-5,10-12H,6-9H2. The van der Waals surface area contributed by atoms with Gasteiger partial charge in [-0.25, -0.2) is 8.42 Å². The summed E-state index contributed by atoms with van der Waals surface area (Å²) in [5.41, 5.74) is 0.406. The summed E-state index contributed by atoms with van der Waals surface area (Å²) < 4.78 is 26.8. The molecule has 0 N–H and O–H groups in total. The number of anilines is 1. The molecule has 0 saturated carbocycles. The number of rotatable bonds is 5. The second-order valence-corrected chi connectivity index (χ2v) is 8.35. The first-order valence-electron chi connectivity index (χ1n) is 8.07. The zero-order valence-corrected chi connectivity index (χ0v) is 15.7. The third-order valence-corrected chi connectivity index (χ3v) is 6.48.